The number of piperazine rings is 2. The molecule has 8 aliphatic heterocycles. The molecule has 0 spiro atoms. The minimum absolute atomic E-state index is 0.0639. The number of rotatable bonds is 9. The number of phenolic OH excluding ortho intramolecular Hbond substituents is 1. The van der Waals surface area contributed by atoms with Crippen molar-refractivity contribution < 1.29 is 38.2 Å². The number of carbonyl (C=O) groups excluding carboxylic acids is 5. The molecule has 8 heterocycles. The predicted molar refractivity (Wildman–Crippen MR) is 270 cm³/mol. The standard InChI is InChI=1S/C55H63FN10O7/c56-46-47(41-25-38(67)23-34-3-1-2-4-39(34)41)57-26-43-48(46)60-54(61-49(43)65-27-35-21-32-5-6-33(32)22-36(28-65)58-35)73-30-55(13-14-55)29-62-17-19-64(20-18-62)51(70)31-11-15-63(16-12-31)37-7-8-40-42(24-37)53(72)66(52(40)71)44-9-10-45(68)59-50(44)69/h1-4,7-8,23-26,31-33,35-36,44,46,48-49,58,67H,5-6,9-22,27-30H2,(H,60,61)(H,59,68,69). The van der Waals surface area contributed by atoms with Crippen molar-refractivity contribution in [3.05, 3.63) is 83.1 Å². The second-order valence-electron chi connectivity index (χ2n) is 22.6. The van der Waals surface area contributed by atoms with E-state index in [9.17, 15) is 29.1 Å². The lowest BCUT2D eigenvalue weighted by molar-refractivity contribution is -0.138. The van der Waals surface area contributed by atoms with Crippen molar-refractivity contribution in [2.45, 2.75) is 101 Å². The molecule has 18 heteroatoms. The highest BCUT2D eigenvalue weighted by Gasteiger charge is 2.50. The molecule has 2 aliphatic carbocycles. The minimum Gasteiger partial charge on any atom is -0.508 e. The maximum Gasteiger partial charge on any atom is 0.287 e. The molecule has 4 N–H and O–H groups in total. The summed E-state index contributed by atoms with van der Waals surface area (Å²) in [7, 11) is 0. The summed E-state index contributed by atoms with van der Waals surface area (Å²) in [6.45, 7) is 7.04. The van der Waals surface area contributed by atoms with Gasteiger partial charge in [-0.3, -0.25) is 49.0 Å². The van der Waals surface area contributed by atoms with E-state index in [4.69, 9.17) is 14.7 Å². The van der Waals surface area contributed by atoms with Gasteiger partial charge in [-0.1, -0.05) is 24.3 Å². The summed E-state index contributed by atoms with van der Waals surface area (Å²) in [5.41, 5.74) is 2.87. The summed E-state index contributed by atoms with van der Waals surface area (Å²) in [6.07, 6.45) is 8.34. The highest BCUT2D eigenvalue weighted by atomic mass is 19.1. The Kier molecular flexibility index (Phi) is 11.7. The number of phenols is 1. The van der Waals surface area contributed by atoms with Gasteiger partial charge >= 0.3 is 0 Å². The third-order valence-corrected chi connectivity index (χ3v) is 18.0. The molecule has 13 rings (SSSR count). The van der Waals surface area contributed by atoms with Crippen LogP contribution in [0.2, 0.25) is 0 Å². The van der Waals surface area contributed by atoms with Gasteiger partial charge in [-0.05, 0) is 111 Å². The zero-order valence-electron chi connectivity index (χ0n) is 41.0. The normalized spacial score (nSPS) is 31.2. The van der Waals surface area contributed by atoms with Crippen LogP contribution in [-0.2, 0) is 19.1 Å². The molecular weight excluding hydrogens is 932 g/mol. The highest BCUT2D eigenvalue weighted by molar-refractivity contribution is 6.24. The van der Waals surface area contributed by atoms with Crippen LogP contribution in [0.15, 0.2) is 76.4 Å². The molecule has 0 aromatic heterocycles. The summed E-state index contributed by atoms with van der Waals surface area (Å²) in [6, 6.07) is 15.5. The van der Waals surface area contributed by atoms with Gasteiger partial charge in [0.25, 0.3) is 17.8 Å². The van der Waals surface area contributed by atoms with Crippen molar-refractivity contribution >= 4 is 57.7 Å². The number of hydrogen-bond donors (Lipinski definition) is 4. The smallest absolute Gasteiger partial charge is 0.287 e. The number of aromatic hydroxyl groups is 1. The monoisotopic (exact) mass is 994 g/mol. The first-order chi connectivity index (χ1) is 35.4. The van der Waals surface area contributed by atoms with Crippen molar-refractivity contribution in [3.63, 3.8) is 0 Å². The van der Waals surface area contributed by atoms with E-state index in [1.54, 1.807) is 24.3 Å². The summed E-state index contributed by atoms with van der Waals surface area (Å²) in [5.74, 6) is -0.411. The molecule has 0 radical (unpaired) electrons. The first-order valence-electron chi connectivity index (χ1n) is 26.7. The second-order valence-corrected chi connectivity index (χ2v) is 22.6. The molecule has 8 unspecified atom stereocenters. The molecule has 2 bridgehead atoms. The average molecular weight is 995 g/mol. The number of hydrogen-bond acceptors (Lipinski definition) is 14. The topological polar surface area (TPSA) is 192 Å². The van der Waals surface area contributed by atoms with Crippen LogP contribution in [0.4, 0.5) is 10.1 Å². The zero-order chi connectivity index (χ0) is 49.7. The van der Waals surface area contributed by atoms with E-state index in [0.717, 1.165) is 97.2 Å². The van der Waals surface area contributed by atoms with Gasteiger partial charge in [0.05, 0.1) is 29.5 Å². The lowest BCUT2D eigenvalue weighted by Crippen LogP contribution is -2.62. The minimum atomic E-state index is -1.52. The Morgan fingerprint density at radius 3 is 2.30 bits per heavy atom. The average Bonchev–Trinajstić information content (AvgIpc) is 4.13. The fraction of sp³-hybridized carbons (Fsp3) is 0.545. The van der Waals surface area contributed by atoms with Gasteiger partial charge in [-0.15, -0.1) is 0 Å². The van der Waals surface area contributed by atoms with Crippen LogP contribution in [0.5, 0.6) is 5.75 Å². The number of amides is 5. The molecule has 2 saturated carbocycles. The number of alkyl halides is 1. The number of fused-ring (bicyclic) bond motifs is 6. The predicted octanol–water partition coefficient (Wildman–Crippen LogP) is 3.95. The first kappa shape index (κ1) is 46.5. The second kappa shape index (κ2) is 18.3. The number of anilines is 1. The molecule has 382 valence electrons. The number of piperidine rings is 2. The van der Waals surface area contributed by atoms with E-state index in [0.29, 0.717) is 69.3 Å². The van der Waals surface area contributed by atoms with Crippen molar-refractivity contribution in [2.24, 2.45) is 33.2 Å². The van der Waals surface area contributed by atoms with Crippen LogP contribution in [0.25, 0.3) is 10.8 Å². The molecule has 8 atom stereocenters. The lowest BCUT2D eigenvalue weighted by Gasteiger charge is -2.45. The van der Waals surface area contributed by atoms with Crippen molar-refractivity contribution in [2.75, 3.05) is 70.4 Å². The number of halogens is 1. The maximum absolute atomic E-state index is 17.3. The number of benzene rings is 3. The van der Waals surface area contributed by atoms with E-state index in [1.165, 1.54) is 12.8 Å². The number of aliphatic imine (C=N–C) groups is 2. The molecule has 5 amide bonds. The number of nitrogens with zero attached hydrogens (tertiary/aromatic N) is 7. The third-order valence-electron chi connectivity index (χ3n) is 18.0. The summed E-state index contributed by atoms with van der Waals surface area (Å²) >= 11 is 0. The number of amidine groups is 1. The fourth-order valence-corrected chi connectivity index (χ4v) is 13.7. The van der Waals surface area contributed by atoms with E-state index in [-0.39, 0.29) is 52.7 Å². The van der Waals surface area contributed by atoms with Gasteiger partial charge < -0.3 is 30.3 Å². The van der Waals surface area contributed by atoms with Gasteiger partial charge in [-0.2, -0.15) is 0 Å². The molecule has 17 nitrogen and oxygen atoms in total. The number of nitrogens with one attached hydrogen (secondary N) is 3. The molecule has 73 heavy (non-hydrogen) atoms. The number of carbonyl (C=O) groups is 5. The van der Waals surface area contributed by atoms with E-state index in [1.807, 2.05) is 41.4 Å². The molecular formula is C55H63FN10O7. The van der Waals surface area contributed by atoms with Crippen molar-refractivity contribution in [1.82, 2.24) is 35.6 Å². The fourth-order valence-electron chi connectivity index (χ4n) is 13.7. The first-order valence-corrected chi connectivity index (χ1v) is 26.7. The summed E-state index contributed by atoms with van der Waals surface area (Å²) in [5, 5.41) is 21.9. The highest BCUT2D eigenvalue weighted by Crippen LogP contribution is 2.48. The maximum atomic E-state index is 17.3. The van der Waals surface area contributed by atoms with Crippen LogP contribution in [0.3, 0.4) is 0 Å². The summed E-state index contributed by atoms with van der Waals surface area (Å²) in [4.78, 5) is 84.9. The molecule has 7 fully saturated rings. The van der Waals surface area contributed by atoms with Crippen molar-refractivity contribution in [1.29, 1.82) is 0 Å². The van der Waals surface area contributed by atoms with Crippen LogP contribution in [0.1, 0.15) is 90.5 Å². The number of imide groups is 2. The van der Waals surface area contributed by atoms with Crippen LogP contribution in [0, 0.1) is 23.2 Å². The Morgan fingerprint density at radius 2 is 1.58 bits per heavy atom. The Morgan fingerprint density at radius 1 is 0.836 bits per heavy atom. The Labute approximate surface area is 423 Å². The zero-order valence-corrected chi connectivity index (χ0v) is 41.0. The lowest BCUT2D eigenvalue weighted by atomic mass is 9.69. The SMILES string of the molecule is O=C1CCC(N2C(=O)c3ccc(N4CCC(C(=O)N5CCN(CC6(COC7=NC(N8CC9CC%10CCC%10CC(C8)N9)C8=CN=C(c9cc(O)cc%10ccccc9%10)C(F)C8N7)CC6)CC5)CC4)cc3C2=O)C(=O)N1. The van der Waals surface area contributed by atoms with E-state index < -0.39 is 48.0 Å². The Hall–Kier alpha value is -6.24. The van der Waals surface area contributed by atoms with Crippen molar-refractivity contribution in [3.8, 4) is 5.75 Å². The molecule has 3 aromatic rings. The van der Waals surface area contributed by atoms with Crippen LogP contribution >= 0.6 is 0 Å². The number of ether oxygens (including phenoxy) is 1. The molecule has 10 aliphatic rings. The van der Waals surface area contributed by atoms with Gasteiger partial charge in [0.15, 0.2) is 6.17 Å². The Balaban J connectivity index is 0.634. The van der Waals surface area contributed by atoms with Crippen LogP contribution in [-0.4, -0.2) is 168 Å². The van der Waals surface area contributed by atoms with Gasteiger partial charge in [0.2, 0.25) is 17.7 Å². The largest absolute Gasteiger partial charge is 0.508 e. The third kappa shape index (κ3) is 8.56. The summed E-state index contributed by atoms with van der Waals surface area (Å²) < 4.78 is 24.0. The van der Waals surface area contributed by atoms with Gasteiger partial charge in [0.1, 0.15) is 18.0 Å². The van der Waals surface area contributed by atoms with E-state index in [2.05, 4.69) is 30.7 Å². The molecule has 3 aromatic carbocycles. The quantitative estimate of drug-likeness (QED) is 0.226. The van der Waals surface area contributed by atoms with Gasteiger partial charge in [-0.25, -0.2) is 9.38 Å². The van der Waals surface area contributed by atoms with E-state index >= 15 is 4.39 Å². The van der Waals surface area contributed by atoms with Crippen LogP contribution < -0.4 is 20.9 Å². The molecule has 5 saturated heterocycles. The Bertz CT molecular complexity index is 2870. The van der Waals surface area contributed by atoms with Gasteiger partial charge in [0, 0.05) is 112 Å².